The molecule has 0 unspecified atom stereocenters. The lowest BCUT2D eigenvalue weighted by atomic mass is 9.53. The number of benzene rings is 3. The minimum absolute atomic E-state index is 0.237. The summed E-state index contributed by atoms with van der Waals surface area (Å²) in [5.41, 5.74) is 5.40. The van der Waals surface area contributed by atoms with E-state index in [4.69, 9.17) is 0 Å². The summed E-state index contributed by atoms with van der Waals surface area (Å²) in [6, 6.07) is 32.4. The molecule has 8 rings (SSSR count). The Morgan fingerprint density at radius 3 is 1.68 bits per heavy atom. The highest BCUT2D eigenvalue weighted by Gasteiger charge is 2.61. The third-order valence-electron chi connectivity index (χ3n) is 8.90. The number of hydrogen-bond donors (Lipinski definition) is 0. The molecule has 0 saturated heterocycles. The van der Waals surface area contributed by atoms with Crippen molar-refractivity contribution >= 4 is 6.21 Å². The fourth-order valence-electron chi connectivity index (χ4n) is 8.12. The molecule has 4 saturated carbocycles. The lowest BCUT2D eigenvalue weighted by molar-refractivity contribution is -0.642. The van der Waals surface area contributed by atoms with Gasteiger partial charge in [-0.3, -0.25) is 0 Å². The van der Waals surface area contributed by atoms with E-state index in [9.17, 15) is 0 Å². The average Bonchev–Trinajstić information content (AvgIpc) is 3.15. The molecule has 154 valence electrons. The van der Waals surface area contributed by atoms with Crippen LogP contribution >= 0.6 is 0 Å². The Balaban J connectivity index is 1.50. The van der Waals surface area contributed by atoms with Crippen LogP contribution in [0.3, 0.4) is 0 Å². The van der Waals surface area contributed by atoms with Crippen LogP contribution in [-0.2, 0) is 5.54 Å². The second kappa shape index (κ2) is 6.66. The largest absolute Gasteiger partial charge is 0.239 e. The van der Waals surface area contributed by atoms with Crippen molar-refractivity contribution < 1.29 is 4.58 Å². The summed E-state index contributed by atoms with van der Waals surface area (Å²) < 4.78 is 2.84. The number of fused-ring (bicyclic) bond motifs is 1. The van der Waals surface area contributed by atoms with Crippen molar-refractivity contribution in [1.29, 1.82) is 0 Å². The van der Waals surface area contributed by atoms with Gasteiger partial charge in [0.2, 0.25) is 5.54 Å². The second-order valence-corrected chi connectivity index (χ2v) is 10.5. The van der Waals surface area contributed by atoms with Gasteiger partial charge in [0.05, 0.1) is 0 Å². The van der Waals surface area contributed by atoms with Crippen LogP contribution in [0.4, 0.5) is 0 Å². The molecule has 0 radical (unpaired) electrons. The van der Waals surface area contributed by atoms with Crippen LogP contribution in [0.2, 0.25) is 0 Å². The highest BCUT2D eigenvalue weighted by atomic mass is 15.2. The zero-order valence-electron chi connectivity index (χ0n) is 18.0. The fourth-order valence-corrected chi connectivity index (χ4v) is 8.12. The molecule has 3 aromatic carbocycles. The summed E-state index contributed by atoms with van der Waals surface area (Å²) in [6.07, 6.45) is 9.81. The van der Waals surface area contributed by atoms with Gasteiger partial charge in [0.1, 0.15) is 0 Å². The average molecular weight is 405 g/mol. The minimum Gasteiger partial charge on any atom is -0.214 e. The Labute approximate surface area is 185 Å². The van der Waals surface area contributed by atoms with E-state index in [-0.39, 0.29) is 5.54 Å². The van der Waals surface area contributed by atoms with Crippen molar-refractivity contribution in [3.8, 4) is 0 Å². The van der Waals surface area contributed by atoms with E-state index in [0.29, 0.717) is 6.04 Å². The summed E-state index contributed by atoms with van der Waals surface area (Å²) in [5.74, 6) is 3.67. The summed E-state index contributed by atoms with van der Waals surface area (Å²) in [7, 11) is 0. The Hall–Kier alpha value is -2.67. The van der Waals surface area contributed by atoms with E-state index in [0.717, 1.165) is 23.7 Å². The van der Waals surface area contributed by atoms with Crippen LogP contribution in [0.1, 0.15) is 54.4 Å². The summed E-state index contributed by atoms with van der Waals surface area (Å²) in [6.45, 7) is 0. The third-order valence-corrected chi connectivity index (χ3v) is 8.90. The Morgan fingerprint density at radius 2 is 1.10 bits per heavy atom. The first-order valence-corrected chi connectivity index (χ1v) is 12.2. The van der Waals surface area contributed by atoms with E-state index in [1.165, 1.54) is 54.4 Å². The van der Waals surface area contributed by atoms with Crippen molar-refractivity contribution in [2.24, 2.45) is 23.7 Å². The van der Waals surface area contributed by atoms with Gasteiger partial charge < -0.3 is 0 Å². The lowest BCUT2D eigenvalue weighted by Gasteiger charge is -2.53. The predicted molar refractivity (Wildman–Crippen MR) is 125 cm³/mol. The molecule has 0 atom stereocenters. The molecule has 1 nitrogen and oxygen atoms in total. The molecule has 4 aliphatic carbocycles. The van der Waals surface area contributed by atoms with Gasteiger partial charge in [0.25, 0.3) is 0 Å². The molecular formula is C30H30N+. The molecule has 0 N–H and O–H groups in total. The molecule has 1 heterocycles. The Kier molecular flexibility index (Phi) is 3.86. The van der Waals surface area contributed by atoms with E-state index >= 15 is 0 Å². The van der Waals surface area contributed by atoms with E-state index in [1.54, 1.807) is 0 Å². The van der Waals surface area contributed by atoms with Crippen LogP contribution in [0, 0.1) is 23.7 Å². The van der Waals surface area contributed by atoms with Crippen molar-refractivity contribution in [2.45, 2.75) is 43.7 Å². The topological polar surface area (TPSA) is 3.01 Å². The van der Waals surface area contributed by atoms with Crippen LogP contribution in [0.5, 0.6) is 0 Å². The molecule has 1 heteroatoms. The molecule has 5 aliphatic rings. The number of hydrogen-bond acceptors (Lipinski definition) is 0. The van der Waals surface area contributed by atoms with Gasteiger partial charge in [0, 0.05) is 34.1 Å². The molecule has 0 amide bonds. The van der Waals surface area contributed by atoms with E-state index in [1.807, 2.05) is 0 Å². The molecule has 0 aromatic heterocycles. The van der Waals surface area contributed by atoms with Gasteiger partial charge in [-0.05, 0) is 50.0 Å². The normalized spacial score (nSPS) is 32.0. The Morgan fingerprint density at radius 1 is 0.581 bits per heavy atom. The van der Waals surface area contributed by atoms with Crippen LogP contribution in [0.25, 0.3) is 0 Å². The van der Waals surface area contributed by atoms with E-state index in [2.05, 4.69) is 95.7 Å². The maximum absolute atomic E-state index is 2.84. The van der Waals surface area contributed by atoms with Gasteiger partial charge in [-0.1, -0.05) is 78.9 Å². The fraction of sp³-hybridized carbons (Fsp3) is 0.367. The van der Waals surface area contributed by atoms with Crippen molar-refractivity contribution in [2.75, 3.05) is 0 Å². The van der Waals surface area contributed by atoms with Gasteiger partial charge in [-0.25, -0.2) is 4.58 Å². The number of nitrogens with zero attached hydrogens (tertiary/aromatic N) is 1. The van der Waals surface area contributed by atoms with Crippen molar-refractivity contribution in [3.63, 3.8) is 0 Å². The molecule has 1 aliphatic heterocycles. The highest BCUT2D eigenvalue weighted by Crippen LogP contribution is 2.57. The monoisotopic (exact) mass is 404 g/mol. The first-order chi connectivity index (χ1) is 15.3. The first kappa shape index (κ1) is 18.0. The SMILES string of the molecule is C1=[N+](C2C3CC4CC(C3)CC2C4)C(c2ccccc2)(c2ccccc2)c2ccccc21. The lowest BCUT2D eigenvalue weighted by Crippen LogP contribution is -2.57. The molecule has 31 heavy (non-hydrogen) atoms. The van der Waals surface area contributed by atoms with Gasteiger partial charge in [0.15, 0.2) is 12.3 Å². The molecule has 4 bridgehead atoms. The van der Waals surface area contributed by atoms with Crippen LogP contribution in [-0.4, -0.2) is 16.8 Å². The zero-order chi connectivity index (χ0) is 20.4. The standard InChI is InChI=1S/C30H30N/c1-3-10-26(11-4-1)30(27-12-5-2-6-13-27)28-14-8-7-9-23(28)20-31(30)29-24-16-21-15-22(18-24)19-25(29)17-21/h1-14,20-22,24-25,29H,15-19H2/q+1. The summed E-state index contributed by atoms with van der Waals surface area (Å²) >= 11 is 0. The maximum atomic E-state index is 2.84. The van der Waals surface area contributed by atoms with Gasteiger partial charge in [-0.15, -0.1) is 0 Å². The van der Waals surface area contributed by atoms with Crippen molar-refractivity contribution in [1.82, 2.24) is 0 Å². The quantitative estimate of drug-likeness (QED) is 0.454. The zero-order valence-corrected chi connectivity index (χ0v) is 18.0. The summed E-state index contributed by atoms with van der Waals surface area (Å²) in [5, 5.41) is 0. The highest BCUT2D eigenvalue weighted by molar-refractivity contribution is 5.83. The number of rotatable bonds is 3. The van der Waals surface area contributed by atoms with Crippen LogP contribution in [0.15, 0.2) is 84.9 Å². The maximum Gasteiger partial charge on any atom is 0.239 e. The van der Waals surface area contributed by atoms with Crippen LogP contribution < -0.4 is 0 Å². The molecular weight excluding hydrogens is 374 g/mol. The van der Waals surface area contributed by atoms with Gasteiger partial charge >= 0.3 is 0 Å². The van der Waals surface area contributed by atoms with E-state index < -0.39 is 0 Å². The smallest absolute Gasteiger partial charge is 0.214 e. The Bertz CT molecular complexity index is 1080. The summed E-state index contributed by atoms with van der Waals surface area (Å²) in [4.78, 5) is 0. The second-order valence-electron chi connectivity index (χ2n) is 10.5. The molecule has 4 fully saturated rings. The molecule has 0 spiro atoms. The first-order valence-electron chi connectivity index (χ1n) is 12.2. The van der Waals surface area contributed by atoms with Gasteiger partial charge in [-0.2, -0.15) is 0 Å². The third kappa shape index (κ3) is 2.47. The molecule has 3 aromatic rings. The predicted octanol–water partition coefficient (Wildman–Crippen LogP) is 6.25. The minimum atomic E-state index is -0.237. The van der Waals surface area contributed by atoms with Crippen molar-refractivity contribution in [3.05, 3.63) is 107 Å².